The van der Waals surface area contributed by atoms with Crippen LogP contribution < -0.4 is 5.62 Å². The van der Waals surface area contributed by atoms with Gasteiger partial charge in [0, 0.05) is 5.03 Å². The third-order valence-corrected chi connectivity index (χ3v) is 6.90. The summed E-state index contributed by atoms with van der Waals surface area (Å²) in [4.78, 5) is 0. The van der Waals surface area contributed by atoms with Gasteiger partial charge in [0.05, 0.1) is 47.5 Å². The molecule has 0 aliphatic heterocycles. The van der Waals surface area contributed by atoms with Crippen molar-refractivity contribution in [3.05, 3.63) is 94.4 Å². The number of alkyl halides is 1. The third kappa shape index (κ3) is 4.34. The summed E-state index contributed by atoms with van der Waals surface area (Å²) in [5.41, 5.74) is 5.55. The van der Waals surface area contributed by atoms with E-state index in [4.69, 9.17) is 28.6 Å². The van der Waals surface area contributed by atoms with Crippen LogP contribution in [0.4, 0.5) is 0 Å². The lowest BCUT2D eigenvalue weighted by Crippen LogP contribution is -2.30. The number of para-hydroxylation sites is 2. The Bertz CT molecular complexity index is 1480. The van der Waals surface area contributed by atoms with Gasteiger partial charge in [-0.1, -0.05) is 47.2 Å². The number of halogens is 2. The highest BCUT2D eigenvalue weighted by molar-refractivity contribution is 6.37. The van der Waals surface area contributed by atoms with E-state index in [9.17, 15) is 5.11 Å². The van der Waals surface area contributed by atoms with Gasteiger partial charge in [0.15, 0.2) is 0 Å². The summed E-state index contributed by atoms with van der Waals surface area (Å²) >= 11 is 12.4. The Labute approximate surface area is 206 Å². The maximum atomic E-state index is 10.9. The Kier molecular flexibility index (Phi) is 6.16. The molecule has 0 spiro atoms. The zero-order valence-electron chi connectivity index (χ0n) is 18.6. The van der Waals surface area contributed by atoms with Gasteiger partial charge in [-0.2, -0.15) is 0 Å². The van der Waals surface area contributed by atoms with Crippen LogP contribution in [0.2, 0.25) is 0 Å². The summed E-state index contributed by atoms with van der Waals surface area (Å²) in [6.45, 7) is 2.65. The first-order chi connectivity index (χ1) is 16.4. The van der Waals surface area contributed by atoms with Crippen LogP contribution in [-0.4, -0.2) is 40.7 Å². The van der Waals surface area contributed by atoms with Crippen molar-refractivity contribution < 1.29 is 5.11 Å². The smallest absolute Gasteiger partial charge is 0.203 e. The van der Waals surface area contributed by atoms with Gasteiger partial charge in [-0.25, -0.2) is 4.68 Å². The number of allylic oxidation sites excluding steroid dienone is 2. The number of aryl methyl sites for hydroxylation is 1. The molecule has 0 fully saturated rings. The summed E-state index contributed by atoms with van der Waals surface area (Å²) in [5, 5.41) is 28.7. The highest BCUT2D eigenvalue weighted by atomic mass is 35.5. The van der Waals surface area contributed by atoms with E-state index >= 15 is 0 Å². The number of aliphatic hydroxyl groups is 1. The topological polar surface area (TPSA) is 84.7 Å². The monoisotopic (exact) mass is 494 g/mol. The number of nitrogens with one attached hydrogen (secondary N) is 1. The molecule has 0 saturated carbocycles. The van der Waals surface area contributed by atoms with E-state index in [0.717, 1.165) is 28.0 Å². The molecule has 2 atom stereocenters. The fourth-order valence-corrected chi connectivity index (χ4v) is 4.61. The molecule has 9 heteroatoms. The van der Waals surface area contributed by atoms with Crippen LogP contribution in [-0.2, 0) is 13.1 Å². The number of fused-ring (bicyclic) bond motifs is 1. The van der Waals surface area contributed by atoms with Crippen molar-refractivity contribution >= 4 is 34.2 Å². The second kappa shape index (κ2) is 9.25. The Balaban J connectivity index is 1.46. The molecule has 2 unspecified atom stereocenters. The van der Waals surface area contributed by atoms with Crippen LogP contribution >= 0.6 is 23.2 Å². The van der Waals surface area contributed by atoms with Gasteiger partial charge in [-0.05, 0) is 54.8 Å². The third-order valence-electron chi connectivity index (χ3n) is 6.01. The highest BCUT2D eigenvalue weighted by Gasteiger charge is 2.21. The van der Waals surface area contributed by atoms with E-state index in [-0.39, 0.29) is 17.5 Å². The molecule has 2 N–H and O–H groups in total. The zero-order valence-corrected chi connectivity index (χ0v) is 20.1. The molecule has 0 bridgehead atoms. The van der Waals surface area contributed by atoms with Crippen molar-refractivity contribution in [2.75, 3.05) is 0 Å². The van der Waals surface area contributed by atoms with E-state index in [1.807, 2.05) is 72.3 Å². The van der Waals surface area contributed by atoms with Crippen molar-refractivity contribution in [2.45, 2.75) is 37.9 Å². The van der Waals surface area contributed by atoms with Crippen LogP contribution in [0, 0.1) is 12.3 Å². The summed E-state index contributed by atoms with van der Waals surface area (Å²) < 4.78 is 5.42. The molecule has 0 amide bonds. The van der Waals surface area contributed by atoms with Crippen LogP contribution in [0.5, 0.6) is 0 Å². The van der Waals surface area contributed by atoms with Crippen molar-refractivity contribution in [1.29, 1.82) is 5.41 Å². The van der Waals surface area contributed by atoms with Gasteiger partial charge >= 0.3 is 0 Å². The predicted octanol–water partition coefficient (Wildman–Crippen LogP) is 4.28. The molecule has 2 aromatic carbocycles. The van der Waals surface area contributed by atoms with Gasteiger partial charge in [0.25, 0.3) is 0 Å². The fraction of sp³-hybridized carbons (Fsp3) is 0.240. The van der Waals surface area contributed by atoms with E-state index in [0.29, 0.717) is 23.6 Å². The quantitative estimate of drug-likeness (QED) is 0.392. The second-order valence-electron chi connectivity index (χ2n) is 8.45. The van der Waals surface area contributed by atoms with Crippen LogP contribution in [0.3, 0.4) is 0 Å². The summed E-state index contributed by atoms with van der Waals surface area (Å²) in [6.07, 6.45) is 5.26. The average Bonchev–Trinajstić information content (AvgIpc) is 3.40. The van der Waals surface area contributed by atoms with Crippen molar-refractivity contribution in [2.24, 2.45) is 0 Å². The van der Waals surface area contributed by atoms with Gasteiger partial charge in [0.2, 0.25) is 5.62 Å². The SMILES string of the molecule is Cc1cccc(-n2cc(Cn3c(=N)n(CC(O)C4=CCC(Cl)C(Cl)=C4)c4ccccc43)nn2)c1. The van der Waals surface area contributed by atoms with Gasteiger partial charge in [-0.15, -0.1) is 16.7 Å². The normalized spacial score (nSPS) is 17.0. The number of aromatic nitrogens is 5. The fourth-order valence-electron chi connectivity index (χ4n) is 4.24. The van der Waals surface area contributed by atoms with Crippen molar-refractivity contribution in [3.8, 4) is 5.69 Å². The minimum atomic E-state index is -0.812. The van der Waals surface area contributed by atoms with Crippen LogP contribution in [0.1, 0.15) is 17.7 Å². The number of hydrogen-bond donors (Lipinski definition) is 2. The second-order valence-corrected chi connectivity index (χ2v) is 9.42. The molecular weight excluding hydrogens is 471 g/mol. The van der Waals surface area contributed by atoms with Crippen molar-refractivity contribution in [1.82, 2.24) is 24.1 Å². The lowest BCUT2D eigenvalue weighted by atomic mass is 10.0. The number of hydrogen-bond acceptors (Lipinski definition) is 4. The summed E-state index contributed by atoms with van der Waals surface area (Å²) in [7, 11) is 0. The first kappa shape index (κ1) is 22.7. The first-order valence-corrected chi connectivity index (χ1v) is 11.8. The van der Waals surface area contributed by atoms with E-state index in [2.05, 4.69) is 10.3 Å². The lowest BCUT2D eigenvalue weighted by Gasteiger charge is -2.19. The molecular formula is C25H24Cl2N6O. The van der Waals surface area contributed by atoms with Crippen molar-refractivity contribution in [3.63, 3.8) is 0 Å². The Hall–Kier alpha value is -3.13. The van der Waals surface area contributed by atoms with Gasteiger partial charge in [0.1, 0.15) is 5.69 Å². The number of nitrogens with zero attached hydrogens (tertiary/aromatic N) is 5. The molecule has 2 heterocycles. The Morgan fingerprint density at radius 2 is 1.91 bits per heavy atom. The molecule has 4 aromatic rings. The number of imidazole rings is 1. The molecule has 34 heavy (non-hydrogen) atoms. The zero-order chi connectivity index (χ0) is 23.8. The minimum absolute atomic E-state index is 0.224. The predicted molar refractivity (Wildman–Crippen MR) is 133 cm³/mol. The van der Waals surface area contributed by atoms with E-state index < -0.39 is 6.10 Å². The average molecular weight is 495 g/mol. The molecule has 0 saturated heterocycles. The standard InChI is InChI=1S/C25H24Cl2N6O/c1-16-5-4-6-19(11-16)33-14-18(29-30-33)13-31-22-7-2-3-8-23(22)32(25(31)28)15-24(34)17-9-10-20(26)21(27)12-17/h2-9,11-12,14,20,24,28,34H,10,13,15H2,1H3. The molecule has 0 radical (unpaired) electrons. The molecule has 174 valence electrons. The number of aliphatic hydroxyl groups excluding tert-OH is 1. The van der Waals surface area contributed by atoms with Crippen LogP contribution in [0.15, 0.2) is 77.5 Å². The van der Waals surface area contributed by atoms with E-state index in [1.165, 1.54) is 0 Å². The highest BCUT2D eigenvalue weighted by Crippen LogP contribution is 2.27. The Morgan fingerprint density at radius 3 is 2.65 bits per heavy atom. The number of benzene rings is 2. The molecule has 7 nitrogen and oxygen atoms in total. The Morgan fingerprint density at radius 1 is 1.15 bits per heavy atom. The molecule has 5 rings (SSSR count). The lowest BCUT2D eigenvalue weighted by molar-refractivity contribution is 0.191. The maximum Gasteiger partial charge on any atom is 0.203 e. The first-order valence-electron chi connectivity index (χ1n) is 11.0. The summed E-state index contributed by atoms with van der Waals surface area (Å²) in [5.74, 6) is 0. The van der Waals surface area contributed by atoms with Gasteiger partial charge in [-0.3, -0.25) is 5.41 Å². The summed E-state index contributed by atoms with van der Waals surface area (Å²) in [6, 6.07) is 15.8. The minimum Gasteiger partial charge on any atom is -0.387 e. The largest absolute Gasteiger partial charge is 0.387 e. The van der Waals surface area contributed by atoms with Crippen LogP contribution in [0.25, 0.3) is 16.7 Å². The van der Waals surface area contributed by atoms with E-state index in [1.54, 1.807) is 15.3 Å². The molecule has 2 aromatic heterocycles. The maximum absolute atomic E-state index is 10.9. The number of rotatable bonds is 6. The van der Waals surface area contributed by atoms with Gasteiger partial charge < -0.3 is 14.2 Å². The molecule has 1 aliphatic carbocycles. The molecule has 1 aliphatic rings.